The van der Waals surface area contributed by atoms with Gasteiger partial charge in [-0.25, -0.2) is 9.37 Å². The maximum Gasteiger partial charge on any atom is 0.416 e. The summed E-state index contributed by atoms with van der Waals surface area (Å²) >= 11 is 1.16. The summed E-state index contributed by atoms with van der Waals surface area (Å²) in [6, 6.07) is 2.32. The lowest BCUT2D eigenvalue weighted by Crippen LogP contribution is -2.05. The van der Waals surface area contributed by atoms with Gasteiger partial charge in [0, 0.05) is 16.6 Å². The molecule has 1 aromatic heterocycles. The molecule has 0 fully saturated rings. The molecule has 0 atom stereocenters. The van der Waals surface area contributed by atoms with E-state index in [2.05, 4.69) is 4.98 Å². The van der Waals surface area contributed by atoms with Crippen molar-refractivity contribution in [1.82, 2.24) is 4.98 Å². The monoisotopic (exact) mass is 261 g/mol. The summed E-state index contributed by atoms with van der Waals surface area (Å²) in [5.41, 5.74) is -0.986. The Hall–Kier alpha value is -1.43. The molecule has 6 heteroatoms. The van der Waals surface area contributed by atoms with Gasteiger partial charge in [-0.05, 0) is 25.1 Å². The molecule has 1 heterocycles. The molecule has 1 aromatic carbocycles. The molecule has 17 heavy (non-hydrogen) atoms. The smallest absolute Gasteiger partial charge is 0.244 e. The molecular formula is C11H7F4NS. The standard InChI is InChI=1S/C11H7F4NS/c1-6-5-16-10(17-6)8-4-7(11(13,14)15)2-3-9(8)12/h2-5H,1H3. The molecule has 0 aliphatic rings. The van der Waals surface area contributed by atoms with E-state index >= 15 is 0 Å². The van der Waals surface area contributed by atoms with Crippen LogP contribution in [0.3, 0.4) is 0 Å². The van der Waals surface area contributed by atoms with Crippen LogP contribution < -0.4 is 0 Å². The van der Waals surface area contributed by atoms with E-state index in [0.717, 1.165) is 34.4 Å². The normalized spacial score (nSPS) is 11.8. The third-order valence-electron chi connectivity index (χ3n) is 2.15. The molecule has 0 saturated carbocycles. The lowest BCUT2D eigenvalue weighted by Gasteiger charge is -2.08. The Morgan fingerprint density at radius 1 is 1.24 bits per heavy atom. The highest BCUT2D eigenvalue weighted by molar-refractivity contribution is 7.14. The molecule has 0 radical (unpaired) electrons. The molecule has 2 rings (SSSR count). The van der Waals surface area contributed by atoms with Crippen LogP contribution in [0.25, 0.3) is 10.6 Å². The van der Waals surface area contributed by atoms with E-state index in [0.29, 0.717) is 0 Å². The van der Waals surface area contributed by atoms with Crippen molar-refractivity contribution in [3.63, 3.8) is 0 Å². The van der Waals surface area contributed by atoms with Gasteiger partial charge in [-0.1, -0.05) is 0 Å². The first-order valence-electron chi connectivity index (χ1n) is 4.67. The Kier molecular flexibility index (Phi) is 2.91. The Morgan fingerprint density at radius 2 is 1.94 bits per heavy atom. The fourth-order valence-electron chi connectivity index (χ4n) is 1.34. The van der Waals surface area contributed by atoms with Gasteiger partial charge in [0.1, 0.15) is 10.8 Å². The number of rotatable bonds is 1. The van der Waals surface area contributed by atoms with Gasteiger partial charge in [-0.3, -0.25) is 0 Å². The van der Waals surface area contributed by atoms with Crippen molar-refractivity contribution in [1.29, 1.82) is 0 Å². The molecule has 0 aliphatic heterocycles. The minimum atomic E-state index is -4.48. The molecule has 1 nitrogen and oxygen atoms in total. The van der Waals surface area contributed by atoms with Gasteiger partial charge in [0.25, 0.3) is 0 Å². The van der Waals surface area contributed by atoms with E-state index in [4.69, 9.17) is 0 Å². The second kappa shape index (κ2) is 4.10. The number of nitrogens with zero attached hydrogens (tertiary/aromatic N) is 1. The Bertz CT molecular complexity index is 545. The lowest BCUT2D eigenvalue weighted by molar-refractivity contribution is -0.137. The Balaban J connectivity index is 2.54. The van der Waals surface area contributed by atoms with Crippen LogP contribution in [0.1, 0.15) is 10.4 Å². The maximum atomic E-state index is 13.5. The molecule has 0 spiro atoms. The maximum absolute atomic E-state index is 13.5. The van der Waals surface area contributed by atoms with Gasteiger partial charge in [-0.15, -0.1) is 11.3 Å². The van der Waals surface area contributed by atoms with Crippen molar-refractivity contribution in [2.75, 3.05) is 0 Å². The molecule has 90 valence electrons. The number of hydrogen-bond acceptors (Lipinski definition) is 2. The van der Waals surface area contributed by atoms with Gasteiger partial charge >= 0.3 is 6.18 Å². The molecule has 0 aliphatic carbocycles. The minimum Gasteiger partial charge on any atom is -0.244 e. The lowest BCUT2D eigenvalue weighted by atomic mass is 10.1. The second-order valence-electron chi connectivity index (χ2n) is 3.47. The van der Waals surface area contributed by atoms with Crippen molar-refractivity contribution in [2.45, 2.75) is 13.1 Å². The van der Waals surface area contributed by atoms with Gasteiger partial charge in [-0.2, -0.15) is 13.2 Å². The zero-order valence-corrected chi connectivity index (χ0v) is 9.49. The van der Waals surface area contributed by atoms with Crippen LogP contribution in [-0.2, 0) is 6.18 Å². The first-order valence-corrected chi connectivity index (χ1v) is 5.49. The highest BCUT2D eigenvalue weighted by Crippen LogP contribution is 2.34. The zero-order chi connectivity index (χ0) is 12.6. The van der Waals surface area contributed by atoms with E-state index in [1.807, 2.05) is 0 Å². The summed E-state index contributed by atoms with van der Waals surface area (Å²) in [5.74, 6) is -0.702. The predicted octanol–water partition coefficient (Wildman–Crippen LogP) is 4.28. The summed E-state index contributed by atoms with van der Waals surface area (Å²) in [7, 11) is 0. The largest absolute Gasteiger partial charge is 0.416 e. The number of halogens is 4. The van der Waals surface area contributed by atoms with Crippen LogP contribution in [0.5, 0.6) is 0 Å². The van der Waals surface area contributed by atoms with Crippen LogP contribution in [0.15, 0.2) is 24.4 Å². The van der Waals surface area contributed by atoms with Crippen LogP contribution in [0, 0.1) is 12.7 Å². The molecule has 0 N–H and O–H groups in total. The van der Waals surface area contributed by atoms with Crippen molar-refractivity contribution in [2.24, 2.45) is 0 Å². The number of aromatic nitrogens is 1. The van der Waals surface area contributed by atoms with Crippen molar-refractivity contribution >= 4 is 11.3 Å². The summed E-state index contributed by atoms with van der Waals surface area (Å²) in [6.07, 6.45) is -2.98. The summed E-state index contributed by atoms with van der Waals surface area (Å²) < 4.78 is 50.9. The van der Waals surface area contributed by atoms with Crippen molar-refractivity contribution in [3.05, 3.63) is 40.7 Å². The predicted molar refractivity (Wildman–Crippen MR) is 57.2 cm³/mol. The van der Waals surface area contributed by atoms with Crippen LogP contribution >= 0.6 is 11.3 Å². The number of alkyl halides is 3. The highest BCUT2D eigenvalue weighted by atomic mass is 32.1. The second-order valence-corrected chi connectivity index (χ2v) is 4.70. The average molecular weight is 261 g/mol. The first kappa shape index (κ1) is 12.0. The quantitative estimate of drug-likeness (QED) is 0.698. The highest BCUT2D eigenvalue weighted by Gasteiger charge is 2.31. The van der Waals surface area contributed by atoms with Gasteiger partial charge in [0.2, 0.25) is 0 Å². The average Bonchev–Trinajstić information content (AvgIpc) is 2.63. The third kappa shape index (κ3) is 2.46. The van der Waals surface area contributed by atoms with E-state index in [1.165, 1.54) is 6.20 Å². The fraction of sp³-hybridized carbons (Fsp3) is 0.182. The zero-order valence-electron chi connectivity index (χ0n) is 8.68. The van der Waals surface area contributed by atoms with Crippen molar-refractivity contribution < 1.29 is 17.6 Å². The Labute approximate surface area is 98.7 Å². The number of benzene rings is 1. The van der Waals surface area contributed by atoms with E-state index in [9.17, 15) is 17.6 Å². The Morgan fingerprint density at radius 3 is 2.47 bits per heavy atom. The SMILES string of the molecule is Cc1cnc(-c2cc(C(F)(F)F)ccc2F)s1. The number of thiazole rings is 1. The summed E-state index contributed by atoms with van der Waals surface area (Å²) in [5, 5.41) is 0.256. The first-order chi connectivity index (χ1) is 7.88. The fourth-order valence-corrected chi connectivity index (χ4v) is 2.13. The summed E-state index contributed by atoms with van der Waals surface area (Å²) in [6.45, 7) is 1.76. The topological polar surface area (TPSA) is 12.9 Å². The van der Waals surface area contributed by atoms with Gasteiger partial charge in [0.05, 0.1) is 5.56 Å². The molecular weight excluding hydrogens is 254 g/mol. The van der Waals surface area contributed by atoms with Gasteiger partial charge < -0.3 is 0 Å². The molecule has 2 aromatic rings. The van der Waals surface area contributed by atoms with Crippen LogP contribution in [0.4, 0.5) is 17.6 Å². The molecule has 0 saturated heterocycles. The molecule has 0 bridgehead atoms. The van der Waals surface area contributed by atoms with E-state index in [1.54, 1.807) is 6.92 Å². The van der Waals surface area contributed by atoms with Gasteiger partial charge in [0.15, 0.2) is 0 Å². The van der Waals surface area contributed by atoms with Crippen LogP contribution in [-0.4, -0.2) is 4.98 Å². The molecule has 0 amide bonds. The summed E-state index contributed by atoms with van der Waals surface area (Å²) in [4.78, 5) is 4.70. The van der Waals surface area contributed by atoms with Crippen molar-refractivity contribution in [3.8, 4) is 10.6 Å². The number of hydrogen-bond donors (Lipinski definition) is 0. The third-order valence-corrected chi connectivity index (χ3v) is 3.09. The minimum absolute atomic E-state index is 0.113. The van der Waals surface area contributed by atoms with E-state index in [-0.39, 0.29) is 10.6 Å². The molecule has 0 unspecified atom stereocenters. The van der Waals surface area contributed by atoms with Crippen LogP contribution in [0.2, 0.25) is 0 Å². The number of aryl methyl sites for hydroxylation is 1. The van der Waals surface area contributed by atoms with E-state index < -0.39 is 17.6 Å².